The molecule has 186 valence electrons. The highest BCUT2D eigenvalue weighted by Crippen LogP contribution is 2.34. The summed E-state index contributed by atoms with van der Waals surface area (Å²) in [5.74, 6) is -0.992. The molecule has 0 bridgehead atoms. The molecule has 12 heteroatoms. The van der Waals surface area contributed by atoms with Gasteiger partial charge in [0.15, 0.2) is 0 Å². The molecule has 0 fully saturated rings. The summed E-state index contributed by atoms with van der Waals surface area (Å²) < 4.78 is 26.0. The maximum absolute atomic E-state index is 13.5. The highest BCUT2D eigenvalue weighted by atomic mass is 35.5. The number of hydrogen-bond acceptors (Lipinski definition) is 4. The van der Waals surface area contributed by atoms with Crippen molar-refractivity contribution in [3.63, 3.8) is 0 Å². The summed E-state index contributed by atoms with van der Waals surface area (Å²) in [5, 5.41) is 3.52. The maximum Gasteiger partial charge on any atom is 0.244 e. The maximum atomic E-state index is 13.5. The molecule has 2 amide bonds. The molecule has 2 rings (SSSR count). The van der Waals surface area contributed by atoms with E-state index in [9.17, 15) is 18.0 Å². The predicted octanol–water partition coefficient (Wildman–Crippen LogP) is 5.01. The molecule has 0 aliphatic rings. The number of nitrogens with zero attached hydrogens (tertiary/aromatic N) is 2. The summed E-state index contributed by atoms with van der Waals surface area (Å²) in [5.41, 5.74) is 0.673. The standard InChI is InChI=1S/C22H25Cl4N3O4S/c1-4-10-27-22(31)14(2)28(12-15-8-9-16(23)18(25)11-15)20(30)13-29(34(3,32)33)19-7-5-6-17(24)21(19)26/h5-9,11,14H,4,10,12-13H2,1-3H3,(H,27,31). The Morgan fingerprint density at radius 3 is 2.29 bits per heavy atom. The lowest BCUT2D eigenvalue weighted by Crippen LogP contribution is -2.51. The molecule has 0 heterocycles. The molecular weight excluding hydrogens is 544 g/mol. The summed E-state index contributed by atoms with van der Waals surface area (Å²) in [6.45, 7) is 3.31. The molecule has 0 saturated carbocycles. The van der Waals surface area contributed by atoms with Crippen LogP contribution >= 0.6 is 46.4 Å². The predicted molar refractivity (Wildman–Crippen MR) is 138 cm³/mol. The summed E-state index contributed by atoms with van der Waals surface area (Å²) in [4.78, 5) is 27.4. The minimum atomic E-state index is -3.93. The van der Waals surface area contributed by atoms with Crippen molar-refractivity contribution >= 4 is 73.9 Å². The van der Waals surface area contributed by atoms with Crippen molar-refractivity contribution < 1.29 is 18.0 Å². The van der Waals surface area contributed by atoms with Crippen LogP contribution < -0.4 is 9.62 Å². The summed E-state index contributed by atoms with van der Waals surface area (Å²) >= 11 is 24.4. The number of nitrogens with one attached hydrogen (secondary N) is 1. The first kappa shape index (κ1) is 28.5. The van der Waals surface area contributed by atoms with Crippen molar-refractivity contribution in [3.05, 3.63) is 62.1 Å². The Balaban J connectivity index is 2.44. The topological polar surface area (TPSA) is 86.8 Å². The number of amides is 2. The van der Waals surface area contributed by atoms with E-state index in [0.29, 0.717) is 23.6 Å². The highest BCUT2D eigenvalue weighted by Gasteiger charge is 2.31. The van der Waals surface area contributed by atoms with E-state index in [1.807, 2.05) is 6.92 Å². The van der Waals surface area contributed by atoms with E-state index in [2.05, 4.69) is 5.32 Å². The van der Waals surface area contributed by atoms with Crippen molar-refractivity contribution in [2.75, 3.05) is 23.7 Å². The van der Waals surface area contributed by atoms with E-state index in [-0.39, 0.29) is 33.2 Å². The minimum Gasteiger partial charge on any atom is -0.354 e. The number of carbonyl (C=O) groups is 2. The van der Waals surface area contributed by atoms with Crippen molar-refractivity contribution in [1.29, 1.82) is 0 Å². The first-order chi connectivity index (χ1) is 15.9. The van der Waals surface area contributed by atoms with E-state index in [1.165, 1.54) is 23.1 Å². The number of halogens is 4. The molecule has 2 aromatic carbocycles. The van der Waals surface area contributed by atoms with Gasteiger partial charge in [-0.25, -0.2) is 8.42 Å². The van der Waals surface area contributed by atoms with E-state index in [1.54, 1.807) is 25.1 Å². The number of carbonyl (C=O) groups excluding carboxylic acids is 2. The Hall–Kier alpha value is -1.71. The molecule has 0 aromatic heterocycles. The first-order valence-electron chi connectivity index (χ1n) is 10.3. The van der Waals surface area contributed by atoms with Gasteiger partial charge < -0.3 is 10.2 Å². The van der Waals surface area contributed by atoms with Gasteiger partial charge in [-0.3, -0.25) is 13.9 Å². The van der Waals surface area contributed by atoms with Crippen molar-refractivity contribution in [1.82, 2.24) is 10.2 Å². The van der Waals surface area contributed by atoms with E-state index in [0.717, 1.165) is 10.6 Å². The zero-order valence-electron chi connectivity index (χ0n) is 18.8. The number of sulfonamides is 1. The van der Waals surface area contributed by atoms with Crippen molar-refractivity contribution in [2.24, 2.45) is 0 Å². The molecule has 7 nitrogen and oxygen atoms in total. The Morgan fingerprint density at radius 2 is 1.71 bits per heavy atom. The third-order valence-corrected chi connectivity index (χ3v) is 7.61. The van der Waals surface area contributed by atoms with E-state index >= 15 is 0 Å². The van der Waals surface area contributed by atoms with Crippen LogP contribution in [0.1, 0.15) is 25.8 Å². The Kier molecular flexibility index (Phi) is 10.3. The molecule has 1 unspecified atom stereocenters. The van der Waals surface area contributed by atoms with Crippen LogP contribution in [-0.4, -0.2) is 50.5 Å². The number of anilines is 1. The Bertz CT molecular complexity index is 1160. The average Bonchev–Trinajstić information content (AvgIpc) is 2.77. The van der Waals surface area contributed by atoms with Crippen molar-refractivity contribution in [2.45, 2.75) is 32.9 Å². The zero-order chi connectivity index (χ0) is 25.6. The second-order valence-electron chi connectivity index (χ2n) is 7.58. The lowest BCUT2D eigenvalue weighted by Gasteiger charge is -2.31. The van der Waals surface area contributed by atoms with Gasteiger partial charge in [-0.2, -0.15) is 0 Å². The van der Waals surface area contributed by atoms with Gasteiger partial charge in [0.1, 0.15) is 12.6 Å². The fraction of sp³-hybridized carbons (Fsp3) is 0.364. The fourth-order valence-corrected chi connectivity index (χ4v) is 4.72. The zero-order valence-corrected chi connectivity index (χ0v) is 22.7. The van der Waals surface area contributed by atoms with Crippen LogP contribution in [0.2, 0.25) is 20.1 Å². The van der Waals surface area contributed by atoms with Crippen LogP contribution in [0.25, 0.3) is 0 Å². The smallest absolute Gasteiger partial charge is 0.244 e. The van der Waals surface area contributed by atoms with Crippen LogP contribution in [0, 0.1) is 0 Å². The van der Waals surface area contributed by atoms with Gasteiger partial charge in [0.05, 0.1) is 32.0 Å². The van der Waals surface area contributed by atoms with Crippen LogP contribution in [-0.2, 0) is 26.2 Å². The second kappa shape index (κ2) is 12.3. The molecule has 1 atom stereocenters. The van der Waals surface area contributed by atoms with Gasteiger partial charge in [0.25, 0.3) is 0 Å². The molecule has 34 heavy (non-hydrogen) atoms. The quantitative estimate of drug-likeness (QED) is 0.436. The van der Waals surface area contributed by atoms with Gasteiger partial charge in [0, 0.05) is 13.1 Å². The third-order valence-electron chi connectivity index (χ3n) is 4.93. The van der Waals surface area contributed by atoms with E-state index in [4.69, 9.17) is 46.4 Å². The SMILES string of the molecule is CCCNC(=O)C(C)N(Cc1ccc(Cl)c(Cl)c1)C(=O)CN(c1cccc(Cl)c1Cl)S(C)(=O)=O. The largest absolute Gasteiger partial charge is 0.354 e. The average molecular weight is 569 g/mol. The molecule has 0 saturated heterocycles. The molecule has 0 aliphatic heterocycles. The lowest BCUT2D eigenvalue weighted by atomic mass is 10.1. The minimum absolute atomic E-state index is 0.00266. The van der Waals surface area contributed by atoms with Gasteiger partial charge in [0.2, 0.25) is 21.8 Å². The van der Waals surface area contributed by atoms with E-state index < -0.39 is 28.5 Å². The van der Waals surface area contributed by atoms with Gasteiger partial charge in [-0.05, 0) is 43.2 Å². The third kappa shape index (κ3) is 7.39. The summed E-state index contributed by atoms with van der Waals surface area (Å²) in [6, 6.07) is 8.43. The second-order valence-corrected chi connectivity index (χ2v) is 11.1. The number of hydrogen-bond donors (Lipinski definition) is 1. The lowest BCUT2D eigenvalue weighted by molar-refractivity contribution is -0.139. The molecular formula is C22H25Cl4N3O4S. The highest BCUT2D eigenvalue weighted by molar-refractivity contribution is 7.92. The molecule has 2 aromatic rings. The molecule has 1 N–H and O–H groups in total. The fourth-order valence-electron chi connectivity index (χ4n) is 3.09. The first-order valence-corrected chi connectivity index (χ1v) is 13.7. The van der Waals surface area contributed by atoms with Crippen LogP contribution in [0.4, 0.5) is 5.69 Å². The normalized spacial score (nSPS) is 12.2. The van der Waals surface area contributed by atoms with Gasteiger partial charge in [-0.1, -0.05) is 65.5 Å². The Labute approximate surface area is 220 Å². The van der Waals surface area contributed by atoms with Gasteiger partial charge >= 0.3 is 0 Å². The molecule has 0 spiro atoms. The monoisotopic (exact) mass is 567 g/mol. The van der Waals surface area contributed by atoms with Gasteiger partial charge in [-0.15, -0.1) is 0 Å². The molecule has 0 aliphatic carbocycles. The summed E-state index contributed by atoms with van der Waals surface area (Å²) in [7, 11) is -3.93. The Morgan fingerprint density at radius 1 is 1.03 bits per heavy atom. The number of benzene rings is 2. The van der Waals surface area contributed by atoms with Crippen LogP contribution in [0.5, 0.6) is 0 Å². The molecule has 0 radical (unpaired) electrons. The van der Waals surface area contributed by atoms with Crippen LogP contribution in [0.3, 0.4) is 0 Å². The van der Waals surface area contributed by atoms with Crippen molar-refractivity contribution in [3.8, 4) is 0 Å². The summed E-state index contributed by atoms with van der Waals surface area (Å²) in [6.07, 6.45) is 1.67. The van der Waals surface area contributed by atoms with Crippen LogP contribution in [0.15, 0.2) is 36.4 Å². The number of rotatable bonds is 10.